The second-order valence-electron chi connectivity index (χ2n) is 5.11. The van der Waals surface area contributed by atoms with Gasteiger partial charge in [-0.2, -0.15) is 0 Å². The molecule has 2 aliphatic heterocycles. The molecule has 86 valence electrons. The molecule has 3 N–H and O–H groups in total. The summed E-state index contributed by atoms with van der Waals surface area (Å²) >= 11 is 0. The topological polar surface area (TPSA) is 53.2 Å². The van der Waals surface area contributed by atoms with Gasteiger partial charge in [0, 0.05) is 12.1 Å². The summed E-state index contributed by atoms with van der Waals surface area (Å²) in [6.45, 7) is 7.08. The second kappa shape index (κ2) is 4.10. The van der Waals surface area contributed by atoms with Gasteiger partial charge < -0.3 is 10.6 Å². The highest BCUT2D eigenvalue weighted by atomic mass is 16.2. The lowest BCUT2D eigenvalue weighted by atomic mass is 9.83. The first kappa shape index (κ1) is 10.9. The molecule has 2 heterocycles. The summed E-state index contributed by atoms with van der Waals surface area (Å²) in [6, 6.07) is -0.0168. The Morgan fingerprint density at radius 3 is 2.60 bits per heavy atom. The lowest BCUT2D eigenvalue weighted by Crippen LogP contribution is -2.69. The third-order valence-corrected chi connectivity index (χ3v) is 3.57. The van der Waals surface area contributed by atoms with Crippen molar-refractivity contribution in [2.75, 3.05) is 19.6 Å². The van der Waals surface area contributed by atoms with Crippen LogP contribution in [0.15, 0.2) is 0 Å². The number of piperidine rings is 1. The van der Waals surface area contributed by atoms with Crippen LogP contribution in [0.4, 0.5) is 0 Å². The van der Waals surface area contributed by atoms with Gasteiger partial charge in [0.2, 0.25) is 5.91 Å². The van der Waals surface area contributed by atoms with Crippen molar-refractivity contribution in [1.82, 2.24) is 16.0 Å². The van der Waals surface area contributed by atoms with Crippen LogP contribution in [-0.2, 0) is 4.79 Å². The van der Waals surface area contributed by atoms with Crippen LogP contribution in [-0.4, -0.2) is 37.1 Å². The Morgan fingerprint density at radius 2 is 2.00 bits per heavy atom. The van der Waals surface area contributed by atoms with E-state index in [0.717, 1.165) is 32.5 Å². The van der Waals surface area contributed by atoms with Crippen molar-refractivity contribution in [3.05, 3.63) is 0 Å². The van der Waals surface area contributed by atoms with E-state index in [1.54, 1.807) is 0 Å². The highest BCUT2D eigenvalue weighted by Gasteiger charge is 2.40. The molecule has 1 spiro atoms. The van der Waals surface area contributed by atoms with Crippen LogP contribution in [0.25, 0.3) is 0 Å². The number of amides is 1. The Labute approximate surface area is 91.2 Å². The highest BCUT2D eigenvalue weighted by Crippen LogP contribution is 2.22. The molecule has 1 atom stereocenters. The number of carbonyl (C=O) groups is 1. The molecule has 0 aliphatic carbocycles. The molecule has 2 fully saturated rings. The monoisotopic (exact) mass is 211 g/mol. The van der Waals surface area contributed by atoms with Crippen molar-refractivity contribution in [2.45, 2.75) is 38.3 Å². The third kappa shape index (κ3) is 2.16. The van der Waals surface area contributed by atoms with Crippen LogP contribution in [0.1, 0.15) is 26.7 Å². The van der Waals surface area contributed by atoms with Gasteiger partial charge in [-0.05, 0) is 31.8 Å². The zero-order valence-corrected chi connectivity index (χ0v) is 9.60. The zero-order chi connectivity index (χ0) is 10.9. The maximum Gasteiger partial charge on any atom is 0.237 e. The van der Waals surface area contributed by atoms with Crippen LogP contribution < -0.4 is 16.0 Å². The Kier molecular flexibility index (Phi) is 2.98. The number of carbonyl (C=O) groups excluding carboxylic acids is 1. The van der Waals surface area contributed by atoms with E-state index in [0.29, 0.717) is 5.92 Å². The lowest BCUT2D eigenvalue weighted by Gasteiger charge is -2.45. The van der Waals surface area contributed by atoms with Crippen molar-refractivity contribution in [1.29, 1.82) is 0 Å². The molecular weight excluding hydrogens is 190 g/mol. The summed E-state index contributed by atoms with van der Waals surface area (Å²) in [5.74, 6) is 0.520. The average Bonchev–Trinajstić information content (AvgIpc) is 2.23. The number of nitrogens with one attached hydrogen (secondary N) is 3. The third-order valence-electron chi connectivity index (χ3n) is 3.57. The van der Waals surface area contributed by atoms with E-state index in [9.17, 15) is 4.79 Å². The summed E-state index contributed by atoms with van der Waals surface area (Å²) in [5, 5.41) is 9.97. The molecule has 2 saturated heterocycles. The van der Waals surface area contributed by atoms with Crippen molar-refractivity contribution in [2.24, 2.45) is 5.92 Å². The molecule has 4 nitrogen and oxygen atoms in total. The van der Waals surface area contributed by atoms with E-state index < -0.39 is 0 Å². The number of hydrogen-bond donors (Lipinski definition) is 3. The Hall–Kier alpha value is -0.610. The Balaban J connectivity index is 2.06. The fourth-order valence-corrected chi connectivity index (χ4v) is 2.51. The van der Waals surface area contributed by atoms with Crippen LogP contribution in [0.3, 0.4) is 0 Å². The SMILES string of the molecule is CC(C)C1NC2(CCNCC2)CNC1=O. The second-order valence-corrected chi connectivity index (χ2v) is 5.11. The fraction of sp³-hybridized carbons (Fsp3) is 0.909. The molecule has 0 aromatic rings. The van der Waals surface area contributed by atoms with Gasteiger partial charge in [0.25, 0.3) is 0 Å². The summed E-state index contributed by atoms with van der Waals surface area (Å²) in [6.07, 6.45) is 2.22. The van der Waals surface area contributed by atoms with Gasteiger partial charge in [-0.1, -0.05) is 13.8 Å². The van der Waals surface area contributed by atoms with Crippen LogP contribution in [0.2, 0.25) is 0 Å². The molecule has 4 heteroatoms. The first-order chi connectivity index (χ1) is 7.13. The molecule has 1 unspecified atom stereocenters. The minimum Gasteiger partial charge on any atom is -0.353 e. The first-order valence-electron chi connectivity index (χ1n) is 5.89. The van der Waals surface area contributed by atoms with Crippen molar-refractivity contribution in [3.8, 4) is 0 Å². The minimum atomic E-state index is -0.0168. The van der Waals surface area contributed by atoms with Gasteiger partial charge in [0.1, 0.15) is 0 Å². The van der Waals surface area contributed by atoms with Gasteiger partial charge >= 0.3 is 0 Å². The molecule has 2 aliphatic rings. The van der Waals surface area contributed by atoms with E-state index in [2.05, 4.69) is 29.8 Å². The van der Waals surface area contributed by atoms with Crippen molar-refractivity contribution < 1.29 is 4.79 Å². The van der Waals surface area contributed by atoms with E-state index >= 15 is 0 Å². The predicted octanol–water partition coefficient (Wildman–Crippen LogP) is -0.147. The van der Waals surface area contributed by atoms with E-state index in [4.69, 9.17) is 0 Å². The quantitative estimate of drug-likeness (QED) is 0.565. The summed E-state index contributed by atoms with van der Waals surface area (Å²) in [5.41, 5.74) is 0.147. The number of piperazine rings is 1. The average molecular weight is 211 g/mol. The largest absolute Gasteiger partial charge is 0.353 e. The number of hydrogen-bond acceptors (Lipinski definition) is 3. The molecule has 15 heavy (non-hydrogen) atoms. The van der Waals surface area contributed by atoms with Gasteiger partial charge in [0.05, 0.1) is 6.04 Å². The molecule has 0 bridgehead atoms. The Bertz CT molecular complexity index is 246. The summed E-state index contributed by atoms with van der Waals surface area (Å²) < 4.78 is 0. The van der Waals surface area contributed by atoms with Crippen LogP contribution >= 0.6 is 0 Å². The maximum atomic E-state index is 11.7. The van der Waals surface area contributed by atoms with E-state index in [1.165, 1.54) is 0 Å². The highest BCUT2D eigenvalue weighted by molar-refractivity contribution is 5.83. The van der Waals surface area contributed by atoms with Gasteiger partial charge in [-0.3, -0.25) is 10.1 Å². The van der Waals surface area contributed by atoms with Gasteiger partial charge in [-0.15, -0.1) is 0 Å². The molecule has 0 saturated carbocycles. The standard InChI is InChI=1S/C11H21N3O/c1-8(2)9-10(15)13-7-11(14-9)3-5-12-6-4-11/h8-9,12,14H,3-7H2,1-2H3,(H,13,15). The van der Waals surface area contributed by atoms with Crippen molar-refractivity contribution >= 4 is 5.91 Å². The van der Waals surface area contributed by atoms with Crippen LogP contribution in [0.5, 0.6) is 0 Å². The van der Waals surface area contributed by atoms with E-state index in [1.807, 2.05) is 0 Å². The summed E-state index contributed by atoms with van der Waals surface area (Å²) in [4.78, 5) is 11.7. The molecule has 0 radical (unpaired) electrons. The van der Waals surface area contributed by atoms with Gasteiger partial charge in [0.15, 0.2) is 0 Å². The maximum absolute atomic E-state index is 11.7. The molecule has 2 rings (SSSR count). The van der Waals surface area contributed by atoms with Crippen molar-refractivity contribution in [3.63, 3.8) is 0 Å². The van der Waals surface area contributed by atoms with Crippen LogP contribution in [0, 0.1) is 5.92 Å². The normalized spacial score (nSPS) is 30.6. The smallest absolute Gasteiger partial charge is 0.237 e. The zero-order valence-electron chi connectivity index (χ0n) is 9.60. The first-order valence-corrected chi connectivity index (χ1v) is 5.89. The molecule has 0 aromatic carbocycles. The minimum absolute atomic E-state index is 0.0168. The van der Waals surface area contributed by atoms with Gasteiger partial charge in [-0.25, -0.2) is 0 Å². The number of rotatable bonds is 1. The lowest BCUT2D eigenvalue weighted by molar-refractivity contribution is -0.127. The predicted molar refractivity (Wildman–Crippen MR) is 59.6 cm³/mol. The Morgan fingerprint density at radius 1 is 1.33 bits per heavy atom. The molecular formula is C11H21N3O. The molecule has 1 amide bonds. The van der Waals surface area contributed by atoms with E-state index in [-0.39, 0.29) is 17.5 Å². The fourth-order valence-electron chi connectivity index (χ4n) is 2.51. The molecule has 0 aromatic heterocycles. The summed E-state index contributed by atoms with van der Waals surface area (Å²) in [7, 11) is 0.